The van der Waals surface area contributed by atoms with Gasteiger partial charge in [-0.05, 0) is 36.3 Å². The summed E-state index contributed by atoms with van der Waals surface area (Å²) in [5.74, 6) is 1.76. The van der Waals surface area contributed by atoms with Crippen molar-refractivity contribution in [2.75, 3.05) is 5.75 Å². The molecule has 0 spiro atoms. The van der Waals surface area contributed by atoms with Crippen molar-refractivity contribution in [2.45, 2.75) is 64.7 Å². The molecule has 0 unspecified atom stereocenters. The predicted molar refractivity (Wildman–Crippen MR) is 116 cm³/mol. The van der Waals surface area contributed by atoms with E-state index in [1.807, 2.05) is 24.3 Å². The monoisotopic (exact) mass is 401 g/mol. The topological polar surface area (TPSA) is 64.0 Å². The first-order valence-electron chi connectivity index (χ1n) is 10.3. The highest BCUT2D eigenvalue weighted by Crippen LogP contribution is 2.29. The van der Waals surface area contributed by atoms with Gasteiger partial charge >= 0.3 is 0 Å². The Morgan fingerprint density at radius 1 is 1.29 bits per heavy atom. The Bertz CT molecular complexity index is 893. The fraction of sp³-hybridized carbons (Fsp3) is 0.591. The van der Waals surface area contributed by atoms with Gasteiger partial charge in [0.2, 0.25) is 5.91 Å². The van der Waals surface area contributed by atoms with Gasteiger partial charge in [0.25, 0.3) is 5.56 Å². The van der Waals surface area contributed by atoms with Crippen molar-refractivity contribution < 1.29 is 4.79 Å². The molecule has 5 nitrogen and oxygen atoms in total. The van der Waals surface area contributed by atoms with Crippen LogP contribution < -0.4 is 10.9 Å². The quantitative estimate of drug-likeness (QED) is 0.585. The Labute approximate surface area is 171 Å². The van der Waals surface area contributed by atoms with Crippen molar-refractivity contribution in [3.8, 4) is 0 Å². The minimum absolute atomic E-state index is 0.0226. The van der Waals surface area contributed by atoms with Crippen molar-refractivity contribution in [3.63, 3.8) is 0 Å². The van der Waals surface area contributed by atoms with Crippen LogP contribution in [-0.4, -0.2) is 27.3 Å². The van der Waals surface area contributed by atoms with E-state index in [1.54, 1.807) is 4.57 Å². The summed E-state index contributed by atoms with van der Waals surface area (Å²) >= 11 is 1.36. The second kappa shape index (κ2) is 9.12. The molecule has 1 amide bonds. The zero-order valence-corrected chi connectivity index (χ0v) is 18.1. The molecule has 1 aromatic heterocycles. The number of carbonyl (C=O) groups is 1. The molecule has 0 aliphatic heterocycles. The standard InChI is InChI=1S/C22H31N3O2S/c1-14(2)12-25-21(27)17-9-5-6-10-19(17)24-22(25)28-13-20(26)23-18-11-7-8-15(3)16(18)4/h5-6,9-10,14-16,18H,7-8,11-13H2,1-4H3,(H,23,26)/t15-,16+,18+/m0/s1. The molecule has 3 atom stereocenters. The van der Waals surface area contributed by atoms with Crippen molar-refractivity contribution in [2.24, 2.45) is 17.8 Å². The van der Waals surface area contributed by atoms with Gasteiger partial charge in [-0.25, -0.2) is 4.98 Å². The SMILES string of the molecule is CC(C)Cn1c(SCC(=O)N[C@@H]2CCC[C@H](C)[C@H]2C)nc2ccccc2c1=O. The molecule has 152 valence electrons. The summed E-state index contributed by atoms with van der Waals surface area (Å²) in [6, 6.07) is 7.66. The number of hydrogen-bond donors (Lipinski definition) is 1. The van der Waals surface area contributed by atoms with Crippen LogP contribution in [0.4, 0.5) is 0 Å². The molecule has 1 aromatic carbocycles. The molecule has 0 radical (unpaired) electrons. The number of nitrogens with zero attached hydrogens (tertiary/aromatic N) is 2. The van der Waals surface area contributed by atoms with Crippen LogP contribution >= 0.6 is 11.8 Å². The summed E-state index contributed by atoms with van der Waals surface area (Å²) in [6.45, 7) is 9.25. The van der Waals surface area contributed by atoms with E-state index in [9.17, 15) is 9.59 Å². The molecule has 0 saturated heterocycles. The maximum atomic E-state index is 12.9. The lowest BCUT2D eigenvalue weighted by Gasteiger charge is -2.34. The van der Waals surface area contributed by atoms with Crippen molar-refractivity contribution in [1.29, 1.82) is 0 Å². The third-order valence-electron chi connectivity index (χ3n) is 5.76. The molecular weight excluding hydrogens is 370 g/mol. The maximum Gasteiger partial charge on any atom is 0.262 e. The average molecular weight is 402 g/mol. The molecule has 0 bridgehead atoms. The summed E-state index contributed by atoms with van der Waals surface area (Å²) in [7, 11) is 0. The molecule has 1 saturated carbocycles. The maximum absolute atomic E-state index is 12.9. The van der Waals surface area contributed by atoms with Crippen molar-refractivity contribution in [1.82, 2.24) is 14.9 Å². The van der Waals surface area contributed by atoms with E-state index in [0.717, 1.165) is 6.42 Å². The minimum Gasteiger partial charge on any atom is -0.352 e. The van der Waals surface area contributed by atoms with E-state index < -0.39 is 0 Å². The van der Waals surface area contributed by atoms with Gasteiger partial charge in [0, 0.05) is 12.6 Å². The molecule has 1 fully saturated rings. The van der Waals surface area contributed by atoms with Gasteiger partial charge in [-0.1, -0.05) is 64.4 Å². The number of hydrogen-bond acceptors (Lipinski definition) is 4. The van der Waals surface area contributed by atoms with E-state index in [2.05, 4.69) is 38.0 Å². The highest BCUT2D eigenvalue weighted by molar-refractivity contribution is 7.99. The van der Waals surface area contributed by atoms with E-state index in [4.69, 9.17) is 0 Å². The van der Waals surface area contributed by atoms with Gasteiger partial charge in [-0.15, -0.1) is 0 Å². The van der Waals surface area contributed by atoms with Crippen molar-refractivity contribution >= 4 is 28.6 Å². The lowest BCUT2D eigenvalue weighted by molar-refractivity contribution is -0.120. The highest BCUT2D eigenvalue weighted by Gasteiger charge is 2.28. The van der Waals surface area contributed by atoms with Crippen LogP contribution in [0.5, 0.6) is 0 Å². The molecule has 1 aliphatic carbocycles. The van der Waals surface area contributed by atoms with Crippen LogP contribution in [-0.2, 0) is 11.3 Å². The van der Waals surface area contributed by atoms with Gasteiger partial charge in [-0.3, -0.25) is 14.2 Å². The number of rotatable bonds is 6. The Morgan fingerprint density at radius 2 is 2.04 bits per heavy atom. The normalized spacial score (nSPS) is 22.5. The second-order valence-corrected chi connectivity index (χ2v) is 9.39. The lowest BCUT2D eigenvalue weighted by Crippen LogP contribution is -2.44. The summed E-state index contributed by atoms with van der Waals surface area (Å²) in [4.78, 5) is 30.2. The Morgan fingerprint density at radius 3 is 2.79 bits per heavy atom. The first-order chi connectivity index (χ1) is 13.4. The van der Waals surface area contributed by atoms with E-state index in [-0.39, 0.29) is 23.3 Å². The van der Waals surface area contributed by atoms with E-state index >= 15 is 0 Å². The van der Waals surface area contributed by atoms with Gasteiger partial charge in [0.15, 0.2) is 5.16 Å². The summed E-state index contributed by atoms with van der Waals surface area (Å²) < 4.78 is 1.72. The van der Waals surface area contributed by atoms with Crippen LogP contribution in [0.15, 0.2) is 34.2 Å². The van der Waals surface area contributed by atoms with Crippen LogP contribution in [0.2, 0.25) is 0 Å². The Balaban J connectivity index is 1.75. The third-order valence-corrected chi connectivity index (χ3v) is 6.74. The Kier molecular flexibility index (Phi) is 6.81. The minimum atomic E-state index is -0.0306. The van der Waals surface area contributed by atoms with Gasteiger partial charge in [0.05, 0.1) is 16.7 Å². The number of amides is 1. The van der Waals surface area contributed by atoms with Crippen LogP contribution in [0.1, 0.15) is 47.0 Å². The number of thioether (sulfide) groups is 1. The summed E-state index contributed by atoms with van der Waals surface area (Å²) in [6.07, 6.45) is 3.46. The molecular formula is C22H31N3O2S. The second-order valence-electron chi connectivity index (χ2n) is 8.45. The largest absolute Gasteiger partial charge is 0.352 e. The fourth-order valence-corrected chi connectivity index (χ4v) is 4.77. The number of fused-ring (bicyclic) bond motifs is 1. The first-order valence-corrected chi connectivity index (χ1v) is 11.3. The average Bonchev–Trinajstić information content (AvgIpc) is 2.66. The highest BCUT2D eigenvalue weighted by atomic mass is 32.2. The molecule has 1 heterocycles. The zero-order chi connectivity index (χ0) is 20.3. The van der Waals surface area contributed by atoms with E-state index in [0.29, 0.717) is 40.4 Å². The van der Waals surface area contributed by atoms with E-state index in [1.165, 1.54) is 24.6 Å². The third kappa shape index (κ3) is 4.77. The van der Waals surface area contributed by atoms with Crippen LogP contribution in [0.3, 0.4) is 0 Å². The van der Waals surface area contributed by atoms with Gasteiger partial charge in [0.1, 0.15) is 0 Å². The molecule has 1 aliphatic rings. The molecule has 2 aromatic rings. The first kappa shape index (κ1) is 20.9. The summed E-state index contributed by atoms with van der Waals surface area (Å²) in [5, 5.41) is 4.46. The number of benzene rings is 1. The number of nitrogens with one attached hydrogen (secondary N) is 1. The molecule has 28 heavy (non-hydrogen) atoms. The lowest BCUT2D eigenvalue weighted by atomic mass is 9.78. The van der Waals surface area contributed by atoms with Crippen molar-refractivity contribution in [3.05, 3.63) is 34.6 Å². The molecule has 3 rings (SSSR count). The predicted octanol–water partition coefficient (Wildman–Crippen LogP) is 4.09. The van der Waals surface area contributed by atoms with Gasteiger partial charge < -0.3 is 5.32 Å². The van der Waals surface area contributed by atoms with Gasteiger partial charge in [-0.2, -0.15) is 0 Å². The van der Waals surface area contributed by atoms with Crippen LogP contribution in [0, 0.1) is 17.8 Å². The number of aromatic nitrogens is 2. The van der Waals surface area contributed by atoms with Crippen LogP contribution in [0.25, 0.3) is 10.9 Å². The fourth-order valence-electron chi connectivity index (χ4n) is 3.95. The molecule has 1 N–H and O–H groups in total. The number of carbonyl (C=O) groups excluding carboxylic acids is 1. The smallest absolute Gasteiger partial charge is 0.262 e. The zero-order valence-electron chi connectivity index (χ0n) is 17.3. The summed E-state index contributed by atoms with van der Waals surface area (Å²) in [5.41, 5.74) is 0.655. The Hall–Kier alpha value is -1.82. The molecule has 6 heteroatoms. The number of para-hydroxylation sites is 1.